The molecule has 0 bridgehead atoms. The molecule has 0 aliphatic rings. The Labute approximate surface area is 145 Å². The molecule has 0 fully saturated rings. The van der Waals surface area contributed by atoms with Crippen LogP contribution in [0.5, 0.6) is 0 Å². The number of carbonyl (C=O) groups excluding carboxylic acids is 2. The molecule has 1 aromatic carbocycles. The molecule has 0 aliphatic carbocycles. The number of anilines is 1. The van der Waals surface area contributed by atoms with Crippen molar-refractivity contribution in [2.24, 2.45) is 5.73 Å². The molecule has 132 valence electrons. The van der Waals surface area contributed by atoms with E-state index in [0.717, 1.165) is 23.5 Å². The number of hydrogen-bond donors (Lipinski definition) is 2. The molecule has 0 aliphatic heterocycles. The van der Waals surface area contributed by atoms with Crippen molar-refractivity contribution in [3.63, 3.8) is 0 Å². The van der Waals surface area contributed by atoms with Crippen molar-refractivity contribution < 1.29 is 22.8 Å². The molecule has 1 aromatic heterocycles. The summed E-state index contributed by atoms with van der Waals surface area (Å²) in [7, 11) is 0. The van der Waals surface area contributed by atoms with Crippen LogP contribution in [0.3, 0.4) is 0 Å². The van der Waals surface area contributed by atoms with E-state index in [9.17, 15) is 22.8 Å². The van der Waals surface area contributed by atoms with Gasteiger partial charge in [0.2, 0.25) is 11.8 Å². The highest BCUT2D eigenvalue weighted by molar-refractivity contribution is 7.14. The smallest absolute Gasteiger partial charge is 0.369 e. The van der Waals surface area contributed by atoms with Crippen molar-refractivity contribution in [2.75, 3.05) is 5.32 Å². The van der Waals surface area contributed by atoms with Gasteiger partial charge in [-0.15, -0.1) is 11.3 Å². The first-order valence-electron chi connectivity index (χ1n) is 7.05. The van der Waals surface area contributed by atoms with Crippen molar-refractivity contribution in [3.8, 4) is 0 Å². The van der Waals surface area contributed by atoms with Gasteiger partial charge in [-0.05, 0) is 30.2 Å². The zero-order valence-electron chi connectivity index (χ0n) is 13.1. The van der Waals surface area contributed by atoms with Crippen molar-refractivity contribution in [3.05, 3.63) is 52.5 Å². The molecule has 2 amide bonds. The lowest BCUT2D eigenvalue weighted by Crippen LogP contribution is -2.14. The van der Waals surface area contributed by atoms with Gasteiger partial charge in [-0.25, -0.2) is 4.98 Å². The molecule has 0 saturated heterocycles. The van der Waals surface area contributed by atoms with Crippen LogP contribution in [0.25, 0.3) is 5.57 Å². The fourth-order valence-electron chi connectivity index (χ4n) is 1.97. The Kier molecular flexibility index (Phi) is 5.58. The zero-order chi connectivity index (χ0) is 18.6. The van der Waals surface area contributed by atoms with E-state index in [1.807, 2.05) is 0 Å². The first kappa shape index (κ1) is 18.7. The Bertz CT molecular complexity index is 811. The molecule has 1 heterocycles. The zero-order valence-corrected chi connectivity index (χ0v) is 13.9. The molecule has 0 spiro atoms. The Morgan fingerprint density at radius 3 is 2.48 bits per heavy atom. The standard InChI is InChI=1S/C16H14F3N3O2S/c1-9(10-2-4-11(5-3-10)16(17,18)19)6-14(24)22-15-21-12(8-25-15)7-13(20)23/h2-6,8H,7H2,1H3,(H2,20,23)(H,21,22,24)/b9-6-. The summed E-state index contributed by atoms with van der Waals surface area (Å²) in [4.78, 5) is 26.8. The highest BCUT2D eigenvalue weighted by Crippen LogP contribution is 2.30. The van der Waals surface area contributed by atoms with Crippen LogP contribution < -0.4 is 11.1 Å². The molecule has 2 rings (SSSR count). The number of aromatic nitrogens is 1. The lowest BCUT2D eigenvalue weighted by Gasteiger charge is -2.08. The van der Waals surface area contributed by atoms with E-state index in [1.54, 1.807) is 12.3 Å². The first-order chi connectivity index (χ1) is 11.6. The van der Waals surface area contributed by atoms with Gasteiger partial charge in [0.1, 0.15) is 0 Å². The third kappa shape index (κ3) is 5.42. The van der Waals surface area contributed by atoms with Gasteiger partial charge in [0.05, 0.1) is 17.7 Å². The number of thiazole rings is 1. The minimum Gasteiger partial charge on any atom is -0.369 e. The number of hydrogen-bond acceptors (Lipinski definition) is 4. The summed E-state index contributed by atoms with van der Waals surface area (Å²) in [6.45, 7) is 1.61. The van der Waals surface area contributed by atoms with Crippen LogP contribution in [-0.2, 0) is 22.2 Å². The average molecular weight is 369 g/mol. The first-order valence-corrected chi connectivity index (χ1v) is 7.93. The number of rotatable bonds is 5. The SMILES string of the molecule is C/C(=C/C(=O)Nc1nc(CC(N)=O)cs1)c1ccc(C(F)(F)F)cc1. The number of carbonyl (C=O) groups is 2. The Balaban J connectivity index is 2.04. The van der Waals surface area contributed by atoms with E-state index >= 15 is 0 Å². The van der Waals surface area contributed by atoms with Crippen LogP contribution in [0.15, 0.2) is 35.7 Å². The summed E-state index contributed by atoms with van der Waals surface area (Å²) in [6.07, 6.45) is -3.16. The number of amides is 2. The van der Waals surface area contributed by atoms with Crippen molar-refractivity contribution in [1.82, 2.24) is 4.98 Å². The molecule has 25 heavy (non-hydrogen) atoms. The van der Waals surface area contributed by atoms with Crippen LogP contribution in [0.2, 0.25) is 0 Å². The number of benzene rings is 1. The number of primary amides is 1. The summed E-state index contributed by atoms with van der Waals surface area (Å²) < 4.78 is 37.6. The van der Waals surface area contributed by atoms with E-state index in [0.29, 0.717) is 22.0 Å². The summed E-state index contributed by atoms with van der Waals surface area (Å²) in [5, 5.41) is 4.44. The van der Waals surface area contributed by atoms with Gasteiger partial charge >= 0.3 is 6.18 Å². The second-order valence-corrected chi connectivity index (χ2v) is 6.04. The summed E-state index contributed by atoms with van der Waals surface area (Å²) >= 11 is 1.14. The van der Waals surface area contributed by atoms with Crippen LogP contribution in [-0.4, -0.2) is 16.8 Å². The van der Waals surface area contributed by atoms with Crippen LogP contribution >= 0.6 is 11.3 Å². The molecule has 2 aromatic rings. The van der Waals surface area contributed by atoms with Crippen molar-refractivity contribution in [2.45, 2.75) is 19.5 Å². The number of nitrogens with zero attached hydrogens (tertiary/aromatic N) is 1. The fraction of sp³-hybridized carbons (Fsp3) is 0.188. The molecule has 0 radical (unpaired) electrons. The third-order valence-electron chi connectivity index (χ3n) is 3.15. The maximum Gasteiger partial charge on any atom is 0.416 e. The predicted molar refractivity (Wildman–Crippen MR) is 88.7 cm³/mol. The van der Waals surface area contributed by atoms with E-state index < -0.39 is 23.6 Å². The topological polar surface area (TPSA) is 85.1 Å². The predicted octanol–water partition coefficient (Wildman–Crippen LogP) is 3.23. The third-order valence-corrected chi connectivity index (χ3v) is 3.96. The monoisotopic (exact) mass is 369 g/mol. The molecule has 0 atom stereocenters. The molecule has 0 saturated carbocycles. The van der Waals surface area contributed by atoms with Gasteiger partial charge < -0.3 is 5.73 Å². The van der Waals surface area contributed by atoms with Gasteiger partial charge in [-0.1, -0.05) is 12.1 Å². The van der Waals surface area contributed by atoms with Crippen LogP contribution in [0, 0.1) is 0 Å². The maximum absolute atomic E-state index is 12.5. The lowest BCUT2D eigenvalue weighted by molar-refractivity contribution is -0.137. The van der Waals surface area contributed by atoms with Gasteiger partial charge in [0.25, 0.3) is 0 Å². The van der Waals surface area contributed by atoms with Gasteiger partial charge in [-0.3, -0.25) is 14.9 Å². The molecule has 5 nitrogen and oxygen atoms in total. The second kappa shape index (κ2) is 7.47. The van der Waals surface area contributed by atoms with E-state index in [-0.39, 0.29) is 6.42 Å². The summed E-state index contributed by atoms with van der Waals surface area (Å²) in [6, 6.07) is 4.52. The van der Waals surface area contributed by atoms with Gasteiger partial charge in [0, 0.05) is 11.5 Å². The molecule has 9 heteroatoms. The number of allylic oxidation sites excluding steroid dienone is 1. The largest absolute Gasteiger partial charge is 0.416 e. The molecular weight excluding hydrogens is 355 g/mol. The normalized spacial score (nSPS) is 12.1. The number of alkyl halides is 3. The fourth-order valence-corrected chi connectivity index (χ4v) is 2.68. The second-order valence-electron chi connectivity index (χ2n) is 5.18. The van der Waals surface area contributed by atoms with E-state index in [2.05, 4.69) is 10.3 Å². The molecular formula is C16H14F3N3O2S. The van der Waals surface area contributed by atoms with Gasteiger partial charge in [0.15, 0.2) is 5.13 Å². The number of nitrogens with two attached hydrogens (primary N) is 1. The quantitative estimate of drug-likeness (QED) is 0.794. The summed E-state index contributed by atoms with van der Waals surface area (Å²) in [5.41, 5.74) is 5.76. The van der Waals surface area contributed by atoms with Crippen LogP contribution in [0.1, 0.15) is 23.7 Å². The Hall–Kier alpha value is -2.68. The highest BCUT2D eigenvalue weighted by Gasteiger charge is 2.29. The minimum atomic E-state index is -4.40. The van der Waals surface area contributed by atoms with Crippen LogP contribution in [0.4, 0.5) is 18.3 Å². The molecule has 0 unspecified atom stereocenters. The van der Waals surface area contributed by atoms with E-state index in [4.69, 9.17) is 5.73 Å². The summed E-state index contributed by atoms with van der Waals surface area (Å²) in [5.74, 6) is -1.00. The highest BCUT2D eigenvalue weighted by atomic mass is 32.1. The Morgan fingerprint density at radius 2 is 1.92 bits per heavy atom. The van der Waals surface area contributed by atoms with Crippen molar-refractivity contribution in [1.29, 1.82) is 0 Å². The van der Waals surface area contributed by atoms with Gasteiger partial charge in [-0.2, -0.15) is 13.2 Å². The van der Waals surface area contributed by atoms with Crippen molar-refractivity contribution >= 4 is 33.9 Å². The number of halogens is 3. The maximum atomic E-state index is 12.5. The average Bonchev–Trinajstić information content (AvgIpc) is 2.92. The Morgan fingerprint density at radius 1 is 1.28 bits per heavy atom. The van der Waals surface area contributed by atoms with E-state index in [1.165, 1.54) is 18.2 Å². The molecule has 3 N–H and O–H groups in total. The lowest BCUT2D eigenvalue weighted by atomic mass is 10.0. The number of nitrogens with one attached hydrogen (secondary N) is 1. The minimum absolute atomic E-state index is 0.0210.